The maximum absolute atomic E-state index is 10.8. The molecule has 0 aliphatic carbocycles. The van der Waals surface area contributed by atoms with Crippen LogP contribution in [0.25, 0.3) is 0 Å². The first-order valence-electron chi connectivity index (χ1n) is 9.18. The minimum atomic E-state index is -0.355. The van der Waals surface area contributed by atoms with Crippen molar-refractivity contribution in [2.45, 2.75) is 84.2 Å². The van der Waals surface area contributed by atoms with E-state index in [9.17, 15) is 19.8 Å². The lowest BCUT2D eigenvalue weighted by Crippen LogP contribution is -2.44. The second kappa shape index (κ2) is 10.6. The molecule has 2 fully saturated rings. The molecule has 0 spiro atoms. The van der Waals surface area contributed by atoms with Crippen molar-refractivity contribution in [2.24, 2.45) is 11.8 Å². The highest BCUT2D eigenvalue weighted by Crippen LogP contribution is 2.27. The fourth-order valence-electron chi connectivity index (χ4n) is 2.66. The summed E-state index contributed by atoms with van der Waals surface area (Å²) in [6.45, 7) is 7.55. The van der Waals surface area contributed by atoms with Crippen LogP contribution in [0.4, 0.5) is 0 Å². The molecule has 0 bridgehead atoms. The van der Waals surface area contributed by atoms with Crippen molar-refractivity contribution < 1.29 is 29.3 Å². The normalized spacial score (nSPS) is 30.3. The van der Waals surface area contributed by atoms with Crippen LogP contribution in [0.15, 0.2) is 12.2 Å². The number of esters is 2. The third-order valence-corrected chi connectivity index (χ3v) is 4.78. The van der Waals surface area contributed by atoms with Gasteiger partial charge in [0.05, 0.1) is 24.0 Å². The van der Waals surface area contributed by atoms with Crippen molar-refractivity contribution in [3.8, 4) is 0 Å². The molecule has 0 aromatic rings. The van der Waals surface area contributed by atoms with Crippen LogP contribution in [0.2, 0.25) is 0 Å². The second-order valence-electron chi connectivity index (χ2n) is 6.86. The Morgan fingerprint density at radius 2 is 1.48 bits per heavy atom. The number of carbonyl (C=O) groups is 2. The van der Waals surface area contributed by atoms with E-state index in [0.29, 0.717) is 12.8 Å². The molecule has 2 aliphatic heterocycles. The van der Waals surface area contributed by atoms with Crippen LogP contribution in [-0.4, -0.2) is 46.6 Å². The maximum Gasteiger partial charge on any atom is 0.312 e. The molecule has 6 heteroatoms. The summed E-state index contributed by atoms with van der Waals surface area (Å²) in [5, 5.41) is 18.8. The molecule has 0 saturated carbocycles. The smallest absolute Gasteiger partial charge is 0.312 e. The van der Waals surface area contributed by atoms with Gasteiger partial charge in [-0.2, -0.15) is 0 Å². The topological polar surface area (TPSA) is 93.1 Å². The SMILES string of the molecule is CC=CCC[C@@H](O)C[C@@H]1OC(=O)[C@H]1C.CC[C@@H](O)C[C@@H]1OC(=O)[C@H]1C. The Balaban J connectivity index is 0.000000257. The second-order valence-corrected chi connectivity index (χ2v) is 6.86. The van der Waals surface area contributed by atoms with Crippen molar-refractivity contribution in [3.05, 3.63) is 12.2 Å². The largest absolute Gasteiger partial charge is 0.461 e. The van der Waals surface area contributed by atoms with E-state index in [4.69, 9.17) is 9.47 Å². The van der Waals surface area contributed by atoms with E-state index in [0.717, 1.165) is 19.3 Å². The number of allylic oxidation sites excluding steroid dienone is 2. The minimum Gasteiger partial charge on any atom is -0.461 e. The lowest BCUT2D eigenvalue weighted by molar-refractivity contribution is -0.186. The van der Waals surface area contributed by atoms with E-state index in [-0.39, 0.29) is 48.2 Å². The quantitative estimate of drug-likeness (QED) is 0.512. The van der Waals surface area contributed by atoms with Gasteiger partial charge in [-0.3, -0.25) is 9.59 Å². The number of hydrogen-bond donors (Lipinski definition) is 2. The first-order chi connectivity index (χ1) is 11.8. The van der Waals surface area contributed by atoms with Crippen LogP contribution in [-0.2, 0) is 19.1 Å². The summed E-state index contributed by atoms with van der Waals surface area (Å²) in [5.41, 5.74) is 0. The van der Waals surface area contributed by atoms with Crippen molar-refractivity contribution in [1.82, 2.24) is 0 Å². The zero-order valence-corrected chi connectivity index (χ0v) is 15.7. The average molecular weight is 356 g/mol. The van der Waals surface area contributed by atoms with Crippen molar-refractivity contribution >= 4 is 11.9 Å². The van der Waals surface area contributed by atoms with Crippen LogP contribution < -0.4 is 0 Å². The first-order valence-corrected chi connectivity index (χ1v) is 9.18. The molecule has 2 N–H and O–H groups in total. The van der Waals surface area contributed by atoms with Crippen molar-refractivity contribution in [2.75, 3.05) is 0 Å². The molecule has 144 valence electrons. The van der Waals surface area contributed by atoms with Crippen LogP contribution in [0.3, 0.4) is 0 Å². The van der Waals surface area contributed by atoms with Crippen LogP contribution >= 0.6 is 0 Å². The van der Waals surface area contributed by atoms with E-state index >= 15 is 0 Å². The van der Waals surface area contributed by atoms with Gasteiger partial charge in [0, 0.05) is 12.8 Å². The maximum atomic E-state index is 10.8. The molecular weight excluding hydrogens is 324 g/mol. The van der Waals surface area contributed by atoms with E-state index in [1.54, 1.807) is 0 Å². The Kier molecular flexibility index (Phi) is 9.14. The standard InChI is InChI=1S/C11H18O3.C8H14O3/c1-3-4-5-6-9(12)7-10-8(2)11(13)14-10;1-3-6(9)4-7-5(2)8(10)11-7/h3-4,8-10,12H,5-7H2,1-2H3;5-7,9H,3-4H2,1-2H3/t8-,9+,10-;5-,6+,7-/m00/s1. The van der Waals surface area contributed by atoms with Gasteiger partial charge < -0.3 is 19.7 Å². The highest BCUT2D eigenvalue weighted by molar-refractivity contribution is 5.78. The van der Waals surface area contributed by atoms with E-state index in [1.807, 2.05) is 39.8 Å². The third kappa shape index (κ3) is 6.78. The van der Waals surface area contributed by atoms with Gasteiger partial charge in [-0.05, 0) is 40.0 Å². The molecule has 6 nitrogen and oxygen atoms in total. The Bertz CT molecular complexity index is 461. The van der Waals surface area contributed by atoms with Gasteiger partial charge in [-0.1, -0.05) is 19.1 Å². The molecule has 0 amide bonds. The highest BCUT2D eigenvalue weighted by atomic mass is 16.6. The Morgan fingerprint density at radius 3 is 1.84 bits per heavy atom. The van der Waals surface area contributed by atoms with Crippen LogP contribution in [0, 0.1) is 11.8 Å². The van der Waals surface area contributed by atoms with Gasteiger partial charge in [-0.25, -0.2) is 0 Å². The number of hydrogen-bond acceptors (Lipinski definition) is 6. The van der Waals surface area contributed by atoms with Gasteiger partial charge in [0.1, 0.15) is 12.2 Å². The predicted molar refractivity (Wildman–Crippen MR) is 93.7 cm³/mol. The lowest BCUT2D eigenvalue weighted by Gasteiger charge is -2.33. The van der Waals surface area contributed by atoms with Gasteiger partial charge >= 0.3 is 11.9 Å². The number of cyclic esters (lactones) is 2. The summed E-state index contributed by atoms with van der Waals surface area (Å²) >= 11 is 0. The number of ether oxygens (including phenoxy) is 2. The Labute approximate surface area is 150 Å². The average Bonchev–Trinajstić information content (AvgIpc) is 2.61. The number of aliphatic hydroxyl groups excluding tert-OH is 2. The Hall–Kier alpha value is -1.40. The molecule has 2 heterocycles. The lowest BCUT2D eigenvalue weighted by atomic mass is 9.93. The van der Waals surface area contributed by atoms with Gasteiger partial charge in [0.15, 0.2) is 0 Å². The molecule has 25 heavy (non-hydrogen) atoms. The van der Waals surface area contributed by atoms with E-state index in [2.05, 4.69) is 0 Å². The van der Waals surface area contributed by atoms with E-state index < -0.39 is 0 Å². The summed E-state index contributed by atoms with van der Waals surface area (Å²) < 4.78 is 9.74. The molecule has 0 aromatic carbocycles. The molecule has 6 atom stereocenters. The molecule has 0 unspecified atom stereocenters. The predicted octanol–water partition coefficient (Wildman–Crippen LogP) is 2.36. The number of rotatable bonds is 8. The summed E-state index contributed by atoms with van der Waals surface area (Å²) in [4.78, 5) is 21.4. The van der Waals surface area contributed by atoms with Gasteiger partial charge in [-0.15, -0.1) is 0 Å². The summed E-state index contributed by atoms with van der Waals surface area (Å²) in [7, 11) is 0. The number of aliphatic hydroxyl groups is 2. The first kappa shape index (κ1) is 21.6. The molecule has 0 radical (unpaired) electrons. The van der Waals surface area contributed by atoms with Crippen molar-refractivity contribution in [1.29, 1.82) is 0 Å². The third-order valence-electron chi connectivity index (χ3n) is 4.78. The zero-order valence-electron chi connectivity index (χ0n) is 15.7. The summed E-state index contributed by atoms with van der Waals surface area (Å²) in [6, 6.07) is 0. The molecule has 0 aromatic heterocycles. The summed E-state index contributed by atoms with van der Waals surface area (Å²) in [6.07, 6.45) is 6.72. The monoisotopic (exact) mass is 356 g/mol. The molecule has 2 rings (SSSR count). The zero-order chi connectivity index (χ0) is 19.0. The van der Waals surface area contributed by atoms with Crippen LogP contribution in [0.1, 0.15) is 59.8 Å². The molecule has 2 aliphatic rings. The van der Waals surface area contributed by atoms with Crippen molar-refractivity contribution in [3.63, 3.8) is 0 Å². The molecule has 2 saturated heterocycles. The number of carbonyl (C=O) groups excluding carboxylic acids is 2. The Morgan fingerprint density at radius 1 is 1.00 bits per heavy atom. The van der Waals surface area contributed by atoms with Crippen LogP contribution in [0.5, 0.6) is 0 Å². The summed E-state index contributed by atoms with van der Waals surface area (Å²) in [5.74, 6) is -0.337. The van der Waals surface area contributed by atoms with Gasteiger partial charge in [0.25, 0.3) is 0 Å². The fraction of sp³-hybridized carbons (Fsp3) is 0.789. The van der Waals surface area contributed by atoms with Gasteiger partial charge in [0.2, 0.25) is 0 Å². The molecular formula is C19H32O6. The fourth-order valence-corrected chi connectivity index (χ4v) is 2.66. The minimum absolute atomic E-state index is 0.0174. The highest BCUT2D eigenvalue weighted by Gasteiger charge is 2.39. The van der Waals surface area contributed by atoms with E-state index in [1.165, 1.54) is 0 Å².